The Hall–Kier alpha value is -0.350. The minimum Gasteiger partial charge on any atom is -0.270 e. The fourth-order valence-corrected chi connectivity index (χ4v) is 4.62. The van der Waals surface area contributed by atoms with Gasteiger partial charge < -0.3 is 0 Å². The normalized spacial score (nSPS) is 53.0. The van der Waals surface area contributed by atoms with Crippen molar-refractivity contribution in [1.82, 2.24) is 0 Å². The van der Waals surface area contributed by atoms with Crippen LogP contribution < -0.4 is 0 Å². The van der Waals surface area contributed by atoms with Gasteiger partial charge in [0.05, 0.1) is 11.9 Å². The molecule has 1 saturated carbocycles. The highest BCUT2D eigenvalue weighted by Gasteiger charge is 2.55. The van der Waals surface area contributed by atoms with Crippen molar-refractivity contribution in [2.24, 2.45) is 17.8 Å². The Kier molecular flexibility index (Phi) is 1.14. The molecule has 3 rings (SSSR count). The maximum atomic E-state index is 11.4. The van der Waals surface area contributed by atoms with Crippen molar-refractivity contribution >= 4 is 10.1 Å². The van der Waals surface area contributed by atoms with Crippen molar-refractivity contribution in [3.63, 3.8) is 0 Å². The molecule has 4 atom stereocenters. The molecule has 0 aromatic heterocycles. The molecule has 3 aliphatic rings. The zero-order valence-electron chi connectivity index (χ0n) is 6.51. The van der Waals surface area contributed by atoms with E-state index in [0.29, 0.717) is 12.5 Å². The number of rotatable bonds is 0. The van der Waals surface area contributed by atoms with Crippen LogP contribution in [0.1, 0.15) is 6.42 Å². The Balaban J connectivity index is 2.11. The van der Waals surface area contributed by atoms with E-state index in [1.54, 1.807) is 0 Å². The van der Waals surface area contributed by atoms with E-state index >= 15 is 0 Å². The molecule has 4 heteroatoms. The van der Waals surface area contributed by atoms with Gasteiger partial charge in [-0.2, -0.15) is 8.42 Å². The molecule has 2 aliphatic carbocycles. The smallest absolute Gasteiger partial charge is 0.270 e. The lowest BCUT2D eigenvalue weighted by Gasteiger charge is -2.15. The van der Waals surface area contributed by atoms with Crippen molar-refractivity contribution in [1.29, 1.82) is 0 Å². The van der Waals surface area contributed by atoms with Crippen molar-refractivity contribution in [3.05, 3.63) is 12.2 Å². The summed E-state index contributed by atoms with van der Waals surface area (Å²) >= 11 is 0. The molecule has 0 aromatic carbocycles. The minimum atomic E-state index is -3.21. The van der Waals surface area contributed by atoms with E-state index in [1.807, 2.05) is 6.08 Å². The third kappa shape index (κ3) is 0.677. The second kappa shape index (κ2) is 1.93. The first-order chi connectivity index (χ1) is 5.68. The lowest BCUT2D eigenvalue weighted by Crippen LogP contribution is -2.26. The van der Waals surface area contributed by atoms with E-state index in [4.69, 9.17) is 4.18 Å². The zero-order valence-corrected chi connectivity index (χ0v) is 7.33. The topological polar surface area (TPSA) is 43.4 Å². The van der Waals surface area contributed by atoms with E-state index in [9.17, 15) is 8.42 Å². The van der Waals surface area contributed by atoms with Crippen molar-refractivity contribution in [2.75, 3.05) is 6.61 Å². The molecule has 2 fully saturated rings. The molecule has 0 spiro atoms. The lowest BCUT2D eigenvalue weighted by molar-refractivity contribution is 0.287. The Morgan fingerprint density at radius 2 is 2.00 bits per heavy atom. The molecule has 0 unspecified atom stereocenters. The van der Waals surface area contributed by atoms with E-state index in [0.717, 1.165) is 6.42 Å². The Morgan fingerprint density at radius 1 is 1.25 bits per heavy atom. The van der Waals surface area contributed by atoms with Crippen LogP contribution in [0.2, 0.25) is 0 Å². The van der Waals surface area contributed by atoms with Gasteiger partial charge in [0, 0.05) is 5.92 Å². The maximum Gasteiger partial charge on any atom is 0.271 e. The van der Waals surface area contributed by atoms with Gasteiger partial charge in [-0.05, 0) is 18.3 Å². The standard InChI is InChI=1S/C8H10O3S/c9-12(10)8-6-2-1-5(3-6)7(8)4-11-12/h1-2,5-8H,3-4H2/t5-,6+,7-,8+/m1/s1. The van der Waals surface area contributed by atoms with Crippen molar-refractivity contribution in [3.8, 4) is 0 Å². The Bertz CT molecular complexity index is 343. The van der Waals surface area contributed by atoms with Gasteiger partial charge in [-0.1, -0.05) is 12.2 Å². The van der Waals surface area contributed by atoms with E-state index in [2.05, 4.69) is 6.08 Å². The average molecular weight is 186 g/mol. The first-order valence-corrected chi connectivity index (χ1v) is 5.72. The van der Waals surface area contributed by atoms with E-state index < -0.39 is 10.1 Å². The molecule has 12 heavy (non-hydrogen) atoms. The summed E-state index contributed by atoms with van der Waals surface area (Å²) in [5.41, 5.74) is 0. The molecule has 1 aliphatic heterocycles. The summed E-state index contributed by atoms with van der Waals surface area (Å²) in [7, 11) is -3.21. The third-order valence-electron chi connectivity index (χ3n) is 3.30. The van der Waals surface area contributed by atoms with Crippen LogP contribution in [0, 0.1) is 17.8 Å². The number of allylic oxidation sites excluding steroid dienone is 2. The minimum absolute atomic E-state index is 0.215. The summed E-state index contributed by atoms with van der Waals surface area (Å²) in [6.45, 7) is 0.415. The lowest BCUT2D eigenvalue weighted by atomic mass is 9.94. The second-order valence-electron chi connectivity index (χ2n) is 3.85. The summed E-state index contributed by atoms with van der Waals surface area (Å²) in [5.74, 6) is 0.967. The Labute approximate surface area is 71.5 Å². The van der Waals surface area contributed by atoms with Crippen LogP contribution in [0.5, 0.6) is 0 Å². The van der Waals surface area contributed by atoms with Crippen LogP contribution in [0.3, 0.4) is 0 Å². The SMILES string of the molecule is O=S1(=O)OC[C@H]2[C@@H]1[C@H]1C=C[C@@H]2C1. The fourth-order valence-electron chi connectivity index (χ4n) is 2.78. The van der Waals surface area contributed by atoms with Gasteiger partial charge in [-0.15, -0.1) is 0 Å². The fraction of sp³-hybridized carbons (Fsp3) is 0.750. The first kappa shape index (κ1) is 7.09. The number of fused-ring (bicyclic) bond motifs is 5. The van der Waals surface area contributed by atoms with Gasteiger partial charge in [0.25, 0.3) is 10.1 Å². The van der Waals surface area contributed by atoms with E-state index in [1.165, 1.54) is 0 Å². The van der Waals surface area contributed by atoms with Gasteiger partial charge in [0.1, 0.15) is 0 Å². The highest BCUT2D eigenvalue weighted by molar-refractivity contribution is 7.87. The van der Waals surface area contributed by atoms with Crippen LogP contribution in [-0.2, 0) is 14.3 Å². The molecule has 0 amide bonds. The summed E-state index contributed by atoms with van der Waals surface area (Å²) in [6.07, 6.45) is 5.21. The predicted molar refractivity (Wildman–Crippen MR) is 42.9 cm³/mol. The Morgan fingerprint density at radius 3 is 2.75 bits per heavy atom. The second-order valence-corrected chi connectivity index (χ2v) is 5.62. The van der Waals surface area contributed by atoms with Gasteiger partial charge in [-0.3, -0.25) is 4.18 Å². The third-order valence-corrected chi connectivity index (χ3v) is 5.13. The molecule has 2 bridgehead atoms. The predicted octanol–water partition coefficient (Wildman–Crippen LogP) is 0.537. The van der Waals surface area contributed by atoms with Crippen molar-refractivity contribution < 1.29 is 12.6 Å². The quantitative estimate of drug-likeness (QED) is 0.409. The van der Waals surface area contributed by atoms with Gasteiger partial charge in [0.15, 0.2) is 0 Å². The van der Waals surface area contributed by atoms with Crippen LogP contribution in [0.15, 0.2) is 12.2 Å². The molecule has 3 nitrogen and oxygen atoms in total. The largest absolute Gasteiger partial charge is 0.271 e. The van der Waals surface area contributed by atoms with Crippen LogP contribution in [0.4, 0.5) is 0 Å². The molecule has 0 radical (unpaired) electrons. The van der Waals surface area contributed by atoms with Gasteiger partial charge in [-0.25, -0.2) is 0 Å². The summed E-state index contributed by atoms with van der Waals surface area (Å²) < 4.78 is 27.6. The molecule has 0 N–H and O–H groups in total. The summed E-state index contributed by atoms with van der Waals surface area (Å²) in [4.78, 5) is 0. The highest BCUT2D eigenvalue weighted by atomic mass is 32.2. The molecule has 1 heterocycles. The van der Waals surface area contributed by atoms with Crippen LogP contribution in [-0.4, -0.2) is 20.3 Å². The average Bonchev–Trinajstić information content (AvgIpc) is 2.61. The molecule has 0 aromatic rings. The van der Waals surface area contributed by atoms with Crippen LogP contribution >= 0.6 is 0 Å². The van der Waals surface area contributed by atoms with E-state index in [-0.39, 0.29) is 17.1 Å². The molecular formula is C8H10O3S. The van der Waals surface area contributed by atoms with Crippen molar-refractivity contribution in [2.45, 2.75) is 11.7 Å². The number of hydrogen-bond acceptors (Lipinski definition) is 3. The highest BCUT2D eigenvalue weighted by Crippen LogP contribution is 2.50. The summed E-state index contributed by atoms with van der Waals surface area (Å²) in [5, 5.41) is -0.215. The molecule has 66 valence electrons. The molecule has 1 saturated heterocycles. The van der Waals surface area contributed by atoms with Gasteiger partial charge >= 0.3 is 0 Å². The molecular weight excluding hydrogens is 176 g/mol. The van der Waals surface area contributed by atoms with Gasteiger partial charge in [0.2, 0.25) is 0 Å². The maximum absolute atomic E-state index is 11.4. The van der Waals surface area contributed by atoms with Crippen LogP contribution in [0.25, 0.3) is 0 Å². The zero-order chi connectivity index (χ0) is 8.34. The number of hydrogen-bond donors (Lipinski definition) is 0. The first-order valence-electron chi connectivity index (χ1n) is 4.25. The monoisotopic (exact) mass is 186 g/mol. The summed E-state index contributed by atoms with van der Waals surface area (Å²) in [6, 6.07) is 0.